The van der Waals surface area contributed by atoms with E-state index in [4.69, 9.17) is 13.9 Å². The van der Waals surface area contributed by atoms with Crippen molar-refractivity contribution in [3.05, 3.63) is 83.3 Å². The van der Waals surface area contributed by atoms with E-state index in [9.17, 15) is 9.59 Å². The average molecular weight is 379 g/mol. The molecule has 0 atom stereocenters. The van der Waals surface area contributed by atoms with Gasteiger partial charge in [0, 0.05) is 5.69 Å². The van der Waals surface area contributed by atoms with E-state index in [1.807, 2.05) is 62.4 Å². The zero-order chi connectivity index (χ0) is 19.9. The number of amides is 1. The third kappa shape index (κ3) is 5.23. The van der Waals surface area contributed by atoms with Gasteiger partial charge in [0.15, 0.2) is 6.61 Å². The molecule has 0 aliphatic carbocycles. The molecule has 2 aromatic carbocycles. The summed E-state index contributed by atoms with van der Waals surface area (Å²) < 4.78 is 16.0. The number of aryl methyl sites for hydroxylation is 2. The number of hydrogen-bond donors (Lipinski definition) is 1. The van der Waals surface area contributed by atoms with Crippen molar-refractivity contribution in [2.75, 3.05) is 11.9 Å². The number of hydrogen-bond acceptors (Lipinski definition) is 5. The molecule has 3 rings (SSSR count). The van der Waals surface area contributed by atoms with E-state index in [0.717, 1.165) is 11.1 Å². The standard InChI is InChI=1S/C22H21NO5/c1-15-8-10-19(16(2)12-15)23-21(24)14-27-22(25)20-11-9-18(28-20)13-26-17-6-4-3-5-7-17/h3-12H,13-14H2,1-2H3,(H,23,24). The summed E-state index contributed by atoms with van der Waals surface area (Å²) in [6.45, 7) is 3.66. The Kier molecular flexibility index (Phi) is 6.11. The molecule has 1 heterocycles. The fraction of sp³-hybridized carbons (Fsp3) is 0.182. The predicted molar refractivity (Wildman–Crippen MR) is 104 cm³/mol. The summed E-state index contributed by atoms with van der Waals surface area (Å²) in [5, 5.41) is 2.72. The number of esters is 1. The molecule has 0 fully saturated rings. The van der Waals surface area contributed by atoms with Crippen LogP contribution in [0.1, 0.15) is 27.4 Å². The summed E-state index contributed by atoms with van der Waals surface area (Å²) in [6.07, 6.45) is 0. The largest absolute Gasteiger partial charge is 0.486 e. The molecule has 0 aliphatic rings. The van der Waals surface area contributed by atoms with Crippen molar-refractivity contribution >= 4 is 17.6 Å². The molecule has 144 valence electrons. The van der Waals surface area contributed by atoms with Crippen molar-refractivity contribution in [3.63, 3.8) is 0 Å². The van der Waals surface area contributed by atoms with Crippen molar-refractivity contribution in [1.82, 2.24) is 0 Å². The third-order valence-electron chi connectivity index (χ3n) is 3.98. The molecule has 1 aromatic heterocycles. The third-order valence-corrected chi connectivity index (χ3v) is 3.98. The Morgan fingerprint density at radius 2 is 1.79 bits per heavy atom. The Morgan fingerprint density at radius 1 is 1.00 bits per heavy atom. The van der Waals surface area contributed by atoms with Crippen molar-refractivity contribution in [2.45, 2.75) is 20.5 Å². The molecule has 3 aromatic rings. The van der Waals surface area contributed by atoms with Crippen LogP contribution in [0.2, 0.25) is 0 Å². The molecule has 1 N–H and O–H groups in total. The first-order valence-electron chi connectivity index (χ1n) is 8.82. The topological polar surface area (TPSA) is 77.8 Å². The van der Waals surface area contributed by atoms with Crippen molar-refractivity contribution in [2.24, 2.45) is 0 Å². The lowest BCUT2D eigenvalue weighted by molar-refractivity contribution is -0.119. The minimum Gasteiger partial charge on any atom is -0.486 e. The number of ether oxygens (including phenoxy) is 2. The van der Waals surface area contributed by atoms with Gasteiger partial charge < -0.3 is 19.2 Å². The van der Waals surface area contributed by atoms with Crippen LogP contribution in [0.3, 0.4) is 0 Å². The Balaban J connectivity index is 1.48. The number of carbonyl (C=O) groups is 2. The quantitative estimate of drug-likeness (QED) is 0.620. The van der Waals surface area contributed by atoms with Crippen LogP contribution in [0.25, 0.3) is 0 Å². The van der Waals surface area contributed by atoms with Gasteiger partial charge in [-0.25, -0.2) is 4.79 Å². The van der Waals surface area contributed by atoms with Crippen LogP contribution in [-0.4, -0.2) is 18.5 Å². The maximum atomic E-state index is 12.1. The smallest absolute Gasteiger partial charge is 0.374 e. The number of rotatable bonds is 7. The lowest BCUT2D eigenvalue weighted by Gasteiger charge is -2.09. The summed E-state index contributed by atoms with van der Waals surface area (Å²) >= 11 is 0. The zero-order valence-electron chi connectivity index (χ0n) is 15.7. The van der Waals surface area contributed by atoms with Crippen LogP contribution in [0.5, 0.6) is 5.75 Å². The first-order chi connectivity index (χ1) is 13.5. The maximum Gasteiger partial charge on any atom is 0.374 e. The minimum atomic E-state index is -0.707. The van der Waals surface area contributed by atoms with Crippen LogP contribution in [0, 0.1) is 13.8 Å². The molecular weight excluding hydrogens is 358 g/mol. The van der Waals surface area contributed by atoms with E-state index < -0.39 is 18.5 Å². The lowest BCUT2D eigenvalue weighted by atomic mass is 10.1. The highest BCUT2D eigenvalue weighted by atomic mass is 16.6. The van der Waals surface area contributed by atoms with Gasteiger partial charge in [0.05, 0.1) is 0 Å². The van der Waals surface area contributed by atoms with Gasteiger partial charge in [-0.3, -0.25) is 4.79 Å². The summed E-state index contributed by atoms with van der Waals surface area (Å²) in [4.78, 5) is 24.1. The van der Waals surface area contributed by atoms with E-state index in [2.05, 4.69) is 5.32 Å². The van der Waals surface area contributed by atoms with Gasteiger partial charge >= 0.3 is 5.97 Å². The molecule has 28 heavy (non-hydrogen) atoms. The van der Waals surface area contributed by atoms with Crippen LogP contribution < -0.4 is 10.1 Å². The first kappa shape index (κ1) is 19.2. The molecular formula is C22H21NO5. The predicted octanol–water partition coefficient (Wildman–Crippen LogP) is 4.27. The normalized spacial score (nSPS) is 10.4. The highest BCUT2D eigenvalue weighted by Crippen LogP contribution is 2.16. The molecule has 0 radical (unpaired) electrons. The summed E-state index contributed by atoms with van der Waals surface area (Å²) in [7, 11) is 0. The van der Waals surface area contributed by atoms with Crippen molar-refractivity contribution < 1.29 is 23.5 Å². The molecule has 1 amide bonds. The maximum absolute atomic E-state index is 12.1. The average Bonchev–Trinajstić information content (AvgIpc) is 3.17. The zero-order valence-corrected chi connectivity index (χ0v) is 15.7. The number of furan rings is 1. The Labute approximate surface area is 163 Å². The van der Waals surface area contributed by atoms with Crippen LogP contribution >= 0.6 is 0 Å². The molecule has 0 spiro atoms. The number of nitrogens with one attached hydrogen (secondary N) is 1. The van der Waals surface area contributed by atoms with Gasteiger partial charge in [-0.15, -0.1) is 0 Å². The van der Waals surface area contributed by atoms with E-state index in [0.29, 0.717) is 17.2 Å². The Bertz CT molecular complexity index is 962. The second-order valence-electron chi connectivity index (χ2n) is 6.31. The second-order valence-corrected chi connectivity index (χ2v) is 6.31. The monoisotopic (exact) mass is 379 g/mol. The van der Waals surface area contributed by atoms with Gasteiger partial charge in [0.25, 0.3) is 5.91 Å². The molecule has 0 saturated heterocycles. The number of para-hydroxylation sites is 1. The number of benzene rings is 2. The molecule has 0 unspecified atom stereocenters. The summed E-state index contributed by atoms with van der Waals surface area (Å²) in [5.41, 5.74) is 2.73. The van der Waals surface area contributed by atoms with Crippen LogP contribution in [-0.2, 0) is 16.1 Å². The Morgan fingerprint density at radius 3 is 2.54 bits per heavy atom. The van der Waals surface area contributed by atoms with Crippen LogP contribution in [0.15, 0.2) is 65.1 Å². The molecule has 6 nitrogen and oxygen atoms in total. The molecule has 0 saturated carbocycles. The molecule has 0 aliphatic heterocycles. The van der Waals surface area contributed by atoms with Gasteiger partial charge in [-0.1, -0.05) is 35.9 Å². The molecule has 0 bridgehead atoms. The van der Waals surface area contributed by atoms with Crippen molar-refractivity contribution in [3.8, 4) is 5.75 Å². The van der Waals surface area contributed by atoms with Crippen molar-refractivity contribution in [1.29, 1.82) is 0 Å². The first-order valence-corrected chi connectivity index (χ1v) is 8.82. The number of anilines is 1. The van der Waals surface area contributed by atoms with E-state index in [-0.39, 0.29) is 12.4 Å². The minimum absolute atomic E-state index is 0.0194. The highest BCUT2D eigenvalue weighted by Gasteiger charge is 2.15. The highest BCUT2D eigenvalue weighted by molar-refractivity contribution is 5.95. The van der Waals surface area contributed by atoms with Gasteiger partial charge in [0.2, 0.25) is 5.76 Å². The molecule has 6 heteroatoms. The number of carbonyl (C=O) groups excluding carboxylic acids is 2. The fourth-order valence-corrected chi connectivity index (χ4v) is 2.58. The SMILES string of the molecule is Cc1ccc(NC(=O)COC(=O)c2ccc(COc3ccccc3)o2)c(C)c1. The van der Waals surface area contributed by atoms with Crippen LogP contribution in [0.4, 0.5) is 5.69 Å². The lowest BCUT2D eigenvalue weighted by Crippen LogP contribution is -2.21. The van der Waals surface area contributed by atoms with E-state index in [1.54, 1.807) is 6.07 Å². The van der Waals surface area contributed by atoms with E-state index in [1.165, 1.54) is 6.07 Å². The van der Waals surface area contributed by atoms with Gasteiger partial charge in [0.1, 0.15) is 18.1 Å². The summed E-state index contributed by atoms with van der Waals surface area (Å²) in [5.74, 6) is 0.0776. The fourth-order valence-electron chi connectivity index (χ4n) is 2.58. The summed E-state index contributed by atoms with van der Waals surface area (Å²) in [6, 6.07) is 18.1. The second kappa shape index (κ2) is 8.90. The van der Waals surface area contributed by atoms with Gasteiger partial charge in [-0.05, 0) is 49.7 Å². The van der Waals surface area contributed by atoms with Gasteiger partial charge in [-0.2, -0.15) is 0 Å². The van der Waals surface area contributed by atoms with E-state index >= 15 is 0 Å². The Hall–Kier alpha value is -3.54.